The van der Waals surface area contributed by atoms with Crippen LogP contribution in [0.4, 0.5) is 4.39 Å². The van der Waals surface area contributed by atoms with E-state index in [2.05, 4.69) is 15.3 Å². The molecule has 174 valence electrons. The second-order valence-electron chi connectivity index (χ2n) is 8.45. The van der Waals surface area contributed by atoms with E-state index in [1.54, 1.807) is 36.7 Å². The standard InChI is InChI=1S/C26H26FN5O2/c27-20-6-3-17(4-7-20)24-25(18-9-14-34-15-10-18)31-21-8-5-19(16-22(21)32-24)26(33)30-11-1-2-23-28-12-13-29-23/h3-8,12-13,16,18H,1-2,9-11,14-15H2,(H,28,29)(H,30,33). The first-order valence-electron chi connectivity index (χ1n) is 11.6. The third-order valence-electron chi connectivity index (χ3n) is 6.11. The van der Waals surface area contributed by atoms with Crippen LogP contribution >= 0.6 is 0 Å². The largest absolute Gasteiger partial charge is 0.381 e. The highest BCUT2D eigenvalue weighted by atomic mass is 19.1. The van der Waals surface area contributed by atoms with Crippen molar-refractivity contribution in [2.45, 2.75) is 31.6 Å². The normalized spacial score (nSPS) is 14.4. The van der Waals surface area contributed by atoms with Crippen LogP contribution in [0.2, 0.25) is 0 Å². The molecule has 1 saturated heterocycles. The Bertz CT molecular complexity index is 1270. The van der Waals surface area contributed by atoms with Crippen molar-refractivity contribution in [1.82, 2.24) is 25.3 Å². The fraction of sp³-hybridized carbons (Fsp3) is 0.308. The lowest BCUT2D eigenvalue weighted by atomic mass is 9.92. The number of nitrogens with zero attached hydrogens (tertiary/aromatic N) is 3. The zero-order valence-corrected chi connectivity index (χ0v) is 18.8. The lowest BCUT2D eigenvalue weighted by Gasteiger charge is -2.23. The van der Waals surface area contributed by atoms with E-state index in [1.165, 1.54) is 12.1 Å². The highest BCUT2D eigenvalue weighted by Gasteiger charge is 2.23. The Morgan fingerprint density at radius 1 is 1.09 bits per heavy atom. The highest BCUT2D eigenvalue weighted by Crippen LogP contribution is 2.34. The first-order valence-corrected chi connectivity index (χ1v) is 11.6. The summed E-state index contributed by atoms with van der Waals surface area (Å²) >= 11 is 0. The maximum absolute atomic E-state index is 13.6. The van der Waals surface area contributed by atoms with Crippen LogP contribution in [0.1, 0.15) is 47.1 Å². The topological polar surface area (TPSA) is 92.8 Å². The third-order valence-corrected chi connectivity index (χ3v) is 6.11. The fourth-order valence-corrected chi connectivity index (χ4v) is 4.28. The van der Waals surface area contributed by atoms with Gasteiger partial charge in [-0.1, -0.05) is 0 Å². The number of aromatic amines is 1. The van der Waals surface area contributed by atoms with Crippen molar-refractivity contribution in [3.05, 3.63) is 77.8 Å². The molecule has 0 unspecified atom stereocenters. The van der Waals surface area contributed by atoms with E-state index in [-0.39, 0.29) is 17.6 Å². The van der Waals surface area contributed by atoms with Crippen LogP contribution in [-0.4, -0.2) is 45.6 Å². The number of fused-ring (bicyclic) bond motifs is 1. The second kappa shape index (κ2) is 10.1. The molecule has 1 amide bonds. The van der Waals surface area contributed by atoms with E-state index in [1.807, 2.05) is 6.07 Å². The van der Waals surface area contributed by atoms with E-state index in [9.17, 15) is 9.18 Å². The van der Waals surface area contributed by atoms with Crippen LogP contribution in [0, 0.1) is 5.82 Å². The number of hydrogen-bond acceptors (Lipinski definition) is 5. The second-order valence-corrected chi connectivity index (χ2v) is 8.45. The Balaban J connectivity index is 1.40. The number of imidazole rings is 1. The van der Waals surface area contributed by atoms with Crippen molar-refractivity contribution < 1.29 is 13.9 Å². The van der Waals surface area contributed by atoms with Gasteiger partial charge >= 0.3 is 0 Å². The zero-order chi connectivity index (χ0) is 23.3. The van der Waals surface area contributed by atoms with Gasteiger partial charge in [0.05, 0.1) is 22.4 Å². The van der Waals surface area contributed by atoms with Crippen molar-refractivity contribution in [3.8, 4) is 11.3 Å². The van der Waals surface area contributed by atoms with Gasteiger partial charge in [-0.3, -0.25) is 4.79 Å². The average molecular weight is 460 g/mol. The van der Waals surface area contributed by atoms with Crippen molar-refractivity contribution >= 4 is 16.9 Å². The van der Waals surface area contributed by atoms with Gasteiger partial charge in [-0.05, 0) is 61.7 Å². The van der Waals surface area contributed by atoms with Gasteiger partial charge in [0.25, 0.3) is 5.91 Å². The summed E-state index contributed by atoms with van der Waals surface area (Å²) in [6, 6.07) is 11.7. The highest BCUT2D eigenvalue weighted by molar-refractivity contribution is 5.97. The minimum Gasteiger partial charge on any atom is -0.381 e. The molecule has 0 radical (unpaired) electrons. The number of amides is 1. The van der Waals surface area contributed by atoms with Crippen LogP contribution in [0.3, 0.4) is 0 Å². The van der Waals surface area contributed by atoms with Gasteiger partial charge in [0, 0.05) is 55.6 Å². The number of aryl methyl sites for hydroxylation is 1. The predicted molar refractivity (Wildman–Crippen MR) is 127 cm³/mol. The first kappa shape index (κ1) is 22.2. The number of aromatic nitrogens is 4. The Morgan fingerprint density at radius 2 is 1.91 bits per heavy atom. The van der Waals surface area contributed by atoms with Gasteiger partial charge in [-0.2, -0.15) is 0 Å². The van der Waals surface area contributed by atoms with Gasteiger partial charge in [0.1, 0.15) is 11.6 Å². The molecule has 2 aromatic heterocycles. The van der Waals surface area contributed by atoms with E-state index in [0.717, 1.165) is 54.0 Å². The number of carbonyl (C=O) groups excluding carboxylic acids is 1. The molecule has 5 rings (SSSR count). The molecule has 34 heavy (non-hydrogen) atoms. The van der Waals surface area contributed by atoms with Crippen molar-refractivity contribution in [3.63, 3.8) is 0 Å². The lowest BCUT2D eigenvalue weighted by Crippen LogP contribution is -2.24. The molecule has 2 aromatic carbocycles. The molecule has 1 aliphatic heterocycles. The number of benzene rings is 2. The average Bonchev–Trinajstić information content (AvgIpc) is 3.40. The van der Waals surface area contributed by atoms with Crippen molar-refractivity contribution in [1.29, 1.82) is 0 Å². The summed E-state index contributed by atoms with van der Waals surface area (Å²) in [5.74, 6) is 0.683. The lowest BCUT2D eigenvalue weighted by molar-refractivity contribution is 0.0846. The summed E-state index contributed by atoms with van der Waals surface area (Å²) in [7, 11) is 0. The molecule has 2 N–H and O–H groups in total. The molecule has 1 fully saturated rings. The molecule has 0 atom stereocenters. The zero-order valence-electron chi connectivity index (χ0n) is 18.8. The molecular weight excluding hydrogens is 433 g/mol. The van der Waals surface area contributed by atoms with E-state index >= 15 is 0 Å². The van der Waals surface area contributed by atoms with E-state index < -0.39 is 0 Å². The number of carbonyl (C=O) groups is 1. The van der Waals surface area contributed by atoms with E-state index in [0.29, 0.717) is 30.8 Å². The Kier molecular flexibility index (Phi) is 6.58. The van der Waals surface area contributed by atoms with Gasteiger partial charge in [-0.25, -0.2) is 19.3 Å². The summed E-state index contributed by atoms with van der Waals surface area (Å²) in [5, 5.41) is 2.96. The number of hydrogen-bond donors (Lipinski definition) is 2. The SMILES string of the molecule is O=C(NCCCc1ncc[nH]1)c1ccc2nc(C3CCOCC3)c(-c3ccc(F)cc3)nc2c1. The maximum atomic E-state index is 13.6. The van der Waals surface area contributed by atoms with Gasteiger partial charge in [0.15, 0.2) is 0 Å². The van der Waals surface area contributed by atoms with Crippen LogP contribution in [0.25, 0.3) is 22.3 Å². The summed E-state index contributed by atoms with van der Waals surface area (Å²) < 4.78 is 19.1. The number of rotatable bonds is 7. The molecule has 8 heteroatoms. The minimum atomic E-state index is -0.295. The monoisotopic (exact) mass is 459 g/mol. The maximum Gasteiger partial charge on any atom is 0.251 e. The Morgan fingerprint density at radius 3 is 2.68 bits per heavy atom. The van der Waals surface area contributed by atoms with Crippen LogP contribution in [-0.2, 0) is 11.2 Å². The molecule has 0 spiro atoms. The number of ether oxygens (including phenoxy) is 1. The molecular formula is C26H26FN5O2. The number of H-pyrrole nitrogens is 1. The van der Waals surface area contributed by atoms with Crippen LogP contribution in [0.5, 0.6) is 0 Å². The minimum absolute atomic E-state index is 0.153. The first-order chi connectivity index (χ1) is 16.7. The molecule has 4 aromatic rings. The number of halogens is 1. The van der Waals surface area contributed by atoms with Gasteiger partial charge in [0.2, 0.25) is 0 Å². The third kappa shape index (κ3) is 4.97. The van der Waals surface area contributed by atoms with Crippen LogP contribution in [0.15, 0.2) is 54.9 Å². The van der Waals surface area contributed by atoms with Gasteiger partial charge in [-0.15, -0.1) is 0 Å². The van der Waals surface area contributed by atoms with Crippen LogP contribution < -0.4 is 5.32 Å². The summed E-state index contributed by atoms with van der Waals surface area (Å²) in [6.45, 7) is 1.92. The summed E-state index contributed by atoms with van der Waals surface area (Å²) in [6.07, 6.45) is 6.80. The molecule has 0 saturated carbocycles. The quantitative estimate of drug-likeness (QED) is 0.399. The molecule has 1 aliphatic rings. The van der Waals surface area contributed by atoms with Gasteiger partial charge < -0.3 is 15.0 Å². The summed E-state index contributed by atoms with van der Waals surface area (Å²) in [4.78, 5) is 29.8. The fourth-order valence-electron chi connectivity index (χ4n) is 4.28. The Labute approximate surface area is 196 Å². The predicted octanol–water partition coefficient (Wildman–Crippen LogP) is 4.42. The summed E-state index contributed by atoms with van der Waals surface area (Å²) in [5.41, 5.74) is 4.35. The van der Waals surface area contributed by atoms with E-state index in [4.69, 9.17) is 14.7 Å². The number of nitrogens with one attached hydrogen (secondary N) is 2. The molecule has 3 heterocycles. The Hall–Kier alpha value is -3.65. The smallest absolute Gasteiger partial charge is 0.251 e. The molecule has 0 aliphatic carbocycles. The molecule has 7 nitrogen and oxygen atoms in total. The van der Waals surface area contributed by atoms with Crippen molar-refractivity contribution in [2.24, 2.45) is 0 Å². The van der Waals surface area contributed by atoms with Crippen molar-refractivity contribution in [2.75, 3.05) is 19.8 Å². The molecule has 0 bridgehead atoms.